The molecule has 0 aliphatic rings. The van der Waals surface area contributed by atoms with E-state index in [2.05, 4.69) is 111 Å². The molecule has 1 unspecified atom stereocenters. The number of carbonyl (C=O) groups excluding carboxylic acids is 2. The van der Waals surface area contributed by atoms with Gasteiger partial charge in [-0.1, -0.05) is 182 Å². The molecule has 0 spiro atoms. The largest absolute Gasteiger partial charge is 0.462 e. The van der Waals surface area contributed by atoms with Crippen molar-refractivity contribution in [1.29, 1.82) is 0 Å². The van der Waals surface area contributed by atoms with Gasteiger partial charge in [-0.05, 0) is 96.3 Å². The van der Waals surface area contributed by atoms with Crippen LogP contribution in [-0.4, -0.2) is 36.4 Å². The number of ether oxygens (including phenoxy) is 2. The van der Waals surface area contributed by atoms with Crippen LogP contribution in [0.25, 0.3) is 0 Å². The fraction of sp³-hybridized carbons (Fsp3) is 0.647. The summed E-state index contributed by atoms with van der Waals surface area (Å²) < 4.78 is 10.6. The summed E-state index contributed by atoms with van der Waals surface area (Å²) in [6.07, 6.45) is 64.7. The maximum atomic E-state index is 12.2. The zero-order valence-electron chi connectivity index (χ0n) is 36.1. The van der Waals surface area contributed by atoms with E-state index in [1.807, 2.05) is 0 Å². The van der Waals surface area contributed by atoms with Crippen LogP contribution < -0.4 is 0 Å². The Labute approximate surface area is 345 Å². The molecule has 0 heterocycles. The minimum atomic E-state index is -0.790. The first-order valence-electron chi connectivity index (χ1n) is 22.8. The monoisotopic (exact) mass is 777 g/mol. The molecule has 0 radical (unpaired) electrons. The molecule has 5 heteroatoms. The van der Waals surface area contributed by atoms with Gasteiger partial charge in [-0.25, -0.2) is 0 Å². The Bertz CT molecular complexity index is 1110. The lowest BCUT2D eigenvalue weighted by molar-refractivity contribution is -0.161. The SMILES string of the molecule is CC/C=C\C/C=C\C/C=C\C/C=C\C/C=C\C/C=C\CCCCCCCCC(=O)OC(CO)COC(=O)CCCCCCCCC/C=C\C/C=C\CCCCC. The van der Waals surface area contributed by atoms with Crippen molar-refractivity contribution in [2.75, 3.05) is 13.2 Å². The van der Waals surface area contributed by atoms with Crippen LogP contribution in [0.3, 0.4) is 0 Å². The van der Waals surface area contributed by atoms with E-state index in [1.165, 1.54) is 70.6 Å². The Morgan fingerprint density at radius 1 is 0.429 bits per heavy atom. The molecule has 0 fully saturated rings. The molecule has 0 bridgehead atoms. The lowest BCUT2D eigenvalue weighted by Crippen LogP contribution is -2.28. The first kappa shape index (κ1) is 52.8. The molecule has 1 N–H and O–H groups in total. The fourth-order valence-corrected chi connectivity index (χ4v) is 5.94. The van der Waals surface area contributed by atoms with Gasteiger partial charge >= 0.3 is 11.9 Å². The zero-order chi connectivity index (χ0) is 40.7. The lowest BCUT2D eigenvalue weighted by Gasteiger charge is -2.15. The van der Waals surface area contributed by atoms with E-state index < -0.39 is 6.10 Å². The number of hydrogen-bond acceptors (Lipinski definition) is 5. The number of rotatable bonds is 40. The van der Waals surface area contributed by atoms with E-state index >= 15 is 0 Å². The summed E-state index contributed by atoms with van der Waals surface area (Å²) in [5, 5.41) is 9.60. The van der Waals surface area contributed by atoms with Gasteiger partial charge < -0.3 is 14.6 Å². The standard InChI is InChI=1S/C51H84O5/c1-3-5-7-9-11-13-15-17-19-21-22-23-24-25-26-27-28-30-32-34-36-38-40-42-44-46-51(54)56-49(47-52)48-55-50(53)45-43-41-39-37-35-33-31-29-20-18-16-14-12-10-8-6-4-2/h5,7,11-14,17-20,22-23,25-26,28,30,49,52H,3-4,6,8-10,15-16,21,24,27,29,31-48H2,1-2H3/b7-5-,13-11-,14-12-,19-17-,20-18-,23-22-,26-25-,30-28-. The Kier molecular flexibility index (Phi) is 43.6. The zero-order valence-corrected chi connectivity index (χ0v) is 36.1. The fourth-order valence-electron chi connectivity index (χ4n) is 5.94. The van der Waals surface area contributed by atoms with Crippen molar-refractivity contribution < 1.29 is 24.2 Å². The van der Waals surface area contributed by atoms with Crippen LogP contribution >= 0.6 is 0 Å². The van der Waals surface area contributed by atoms with Crippen LogP contribution in [0.1, 0.15) is 194 Å². The van der Waals surface area contributed by atoms with E-state index in [4.69, 9.17) is 9.47 Å². The van der Waals surface area contributed by atoms with Gasteiger partial charge in [-0.3, -0.25) is 9.59 Å². The molecule has 0 aromatic rings. The molecule has 0 saturated heterocycles. The molecule has 0 aliphatic heterocycles. The van der Waals surface area contributed by atoms with Gasteiger partial charge in [0.2, 0.25) is 0 Å². The minimum absolute atomic E-state index is 0.0818. The molecule has 0 rings (SSSR count). The predicted octanol–water partition coefficient (Wildman–Crippen LogP) is 14.8. The van der Waals surface area contributed by atoms with Crippen molar-refractivity contribution in [3.63, 3.8) is 0 Å². The first-order chi connectivity index (χ1) is 27.6. The number of hydrogen-bond donors (Lipinski definition) is 1. The molecule has 1 atom stereocenters. The smallest absolute Gasteiger partial charge is 0.306 e. The van der Waals surface area contributed by atoms with Gasteiger partial charge in [0.1, 0.15) is 6.61 Å². The number of aliphatic hydroxyl groups is 1. The van der Waals surface area contributed by atoms with E-state index in [0.29, 0.717) is 12.8 Å². The molecule has 56 heavy (non-hydrogen) atoms. The molecule has 0 aromatic heterocycles. The summed E-state index contributed by atoms with van der Waals surface area (Å²) >= 11 is 0. The van der Waals surface area contributed by atoms with E-state index in [-0.39, 0.29) is 25.2 Å². The molecule has 318 valence electrons. The highest BCUT2D eigenvalue weighted by Gasteiger charge is 2.16. The van der Waals surface area contributed by atoms with Crippen LogP contribution in [0.15, 0.2) is 97.2 Å². The van der Waals surface area contributed by atoms with Crippen LogP contribution in [0.5, 0.6) is 0 Å². The highest BCUT2D eigenvalue weighted by atomic mass is 16.6. The predicted molar refractivity (Wildman–Crippen MR) is 242 cm³/mol. The highest BCUT2D eigenvalue weighted by Crippen LogP contribution is 2.12. The van der Waals surface area contributed by atoms with Gasteiger partial charge in [0.05, 0.1) is 6.61 Å². The normalized spacial score (nSPS) is 13.1. The molecule has 0 aliphatic carbocycles. The van der Waals surface area contributed by atoms with E-state index in [9.17, 15) is 14.7 Å². The number of esters is 2. The van der Waals surface area contributed by atoms with Gasteiger partial charge in [-0.2, -0.15) is 0 Å². The number of aliphatic hydroxyl groups excluding tert-OH is 1. The van der Waals surface area contributed by atoms with Crippen molar-refractivity contribution in [3.8, 4) is 0 Å². The van der Waals surface area contributed by atoms with Crippen molar-refractivity contribution in [3.05, 3.63) is 97.2 Å². The van der Waals surface area contributed by atoms with Gasteiger partial charge in [0.15, 0.2) is 6.10 Å². The van der Waals surface area contributed by atoms with Crippen molar-refractivity contribution >= 4 is 11.9 Å². The Hall–Kier alpha value is -3.18. The van der Waals surface area contributed by atoms with Gasteiger partial charge in [0, 0.05) is 12.8 Å². The number of unbranched alkanes of at least 4 members (excludes halogenated alkanes) is 16. The third-order valence-electron chi connectivity index (χ3n) is 9.36. The third-order valence-corrected chi connectivity index (χ3v) is 9.36. The summed E-state index contributed by atoms with van der Waals surface area (Å²) in [4.78, 5) is 24.4. The molecule has 0 saturated carbocycles. The maximum Gasteiger partial charge on any atom is 0.306 e. The van der Waals surface area contributed by atoms with Crippen molar-refractivity contribution in [2.45, 2.75) is 200 Å². The number of allylic oxidation sites excluding steroid dienone is 16. The van der Waals surface area contributed by atoms with E-state index in [0.717, 1.165) is 96.3 Å². The van der Waals surface area contributed by atoms with Crippen LogP contribution in [0, 0.1) is 0 Å². The summed E-state index contributed by atoms with van der Waals surface area (Å²) in [5.74, 6) is -0.623. The van der Waals surface area contributed by atoms with Crippen LogP contribution in [0.4, 0.5) is 0 Å². The second kappa shape index (κ2) is 46.2. The van der Waals surface area contributed by atoms with Crippen molar-refractivity contribution in [2.24, 2.45) is 0 Å². The summed E-state index contributed by atoms with van der Waals surface area (Å²) in [5.41, 5.74) is 0. The topological polar surface area (TPSA) is 72.8 Å². The van der Waals surface area contributed by atoms with Gasteiger partial charge in [-0.15, -0.1) is 0 Å². The van der Waals surface area contributed by atoms with Crippen LogP contribution in [-0.2, 0) is 19.1 Å². The maximum absolute atomic E-state index is 12.2. The highest BCUT2D eigenvalue weighted by molar-refractivity contribution is 5.70. The molecule has 0 amide bonds. The first-order valence-corrected chi connectivity index (χ1v) is 22.8. The van der Waals surface area contributed by atoms with Crippen molar-refractivity contribution in [1.82, 2.24) is 0 Å². The Morgan fingerprint density at radius 3 is 1.16 bits per heavy atom. The van der Waals surface area contributed by atoms with Gasteiger partial charge in [0.25, 0.3) is 0 Å². The average molecular weight is 777 g/mol. The third kappa shape index (κ3) is 43.5. The molecule has 0 aromatic carbocycles. The minimum Gasteiger partial charge on any atom is -0.462 e. The van der Waals surface area contributed by atoms with Crippen LogP contribution in [0.2, 0.25) is 0 Å². The summed E-state index contributed by atoms with van der Waals surface area (Å²) in [7, 11) is 0. The lowest BCUT2D eigenvalue weighted by atomic mass is 10.1. The quantitative estimate of drug-likeness (QED) is 0.0381. The Balaban J connectivity index is 3.63. The van der Waals surface area contributed by atoms with E-state index in [1.54, 1.807) is 0 Å². The summed E-state index contributed by atoms with van der Waals surface area (Å²) in [6, 6.07) is 0. The second-order valence-electron chi connectivity index (χ2n) is 14.7. The molecular formula is C51H84O5. The number of carbonyl (C=O) groups is 2. The molecule has 5 nitrogen and oxygen atoms in total. The second-order valence-corrected chi connectivity index (χ2v) is 14.7. The molecular weight excluding hydrogens is 693 g/mol. The average Bonchev–Trinajstić information content (AvgIpc) is 3.20. The Morgan fingerprint density at radius 2 is 0.768 bits per heavy atom. The summed E-state index contributed by atoms with van der Waals surface area (Å²) in [6.45, 7) is 3.97.